The Kier molecular flexibility index (Phi) is 7.58. The summed E-state index contributed by atoms with van der Waals surface area (Å²) in [6, 6.07) is 22.9. The lowest BCUT2D eigenvalue weighted by Crippen LogP contribution is -2.39. The van der Waals surface area contributed by atoms with Gasteiger partial charge < -0.3 is 9.80 Å². The molecule has 2 heterocycles. The van der Waals surface area contributed by atoms with Crippen LogP contribution in [0.1, 0.15) is 42.0 Å². The van der Waals surface area contributed by atoms with Crippen LogP contribution in [0.25, 0.3) is 12.2 Å². The van der Waals surface area contributed by atoms with Gasteiger partial charge in [0.1, 0.15) is 0 Å². The molecule has 1 unspecified atom stereocenters. The molecule has 0 N–H and O–H groups in total. The van der Waals surface area contributed by atoms with Crippen molar-refractivity contribution in [2.24, 2.45) is 4.99 Å². The van der Waals surface area contributed by atoms with Crippen LogP contribution < -0.4 is 24.7 Å². The van der Waals surface area contributed by atoms with Crippen LogP contribution in [0, 0.1) is 10.1 Å². The van der Waals surface area contributed by atoms with Gasteiger partial charge in [-0.3, -0.25) is 19.5 Å². The second-order valence-corrected chi connectivity index (χ2v) is 12.3. The first-order valence-electron chi connectivity index (χ1n) is 14.2. The molecule has 1 aliphatic carbocycles. The van der Waals surface area contributed by atoms with Gasteiger partial charge in [-0.2, -0.15) is 0 Å². The van der Waals surface area contributed by atoms with Gasteiger partial charge in [-0.15, -0.1) is 0 Å². The quantitative estimate of drug-likeness (QED) is 0.218. The van der Waals surface area contributed by atoms with E-state index in [1.807, 2.05) is 32.8 Å². The Morgan fingerprint density at radius 3 is 2.05 bits per heavy atom. The normalized spacial score (nSPS) is 17.3. The topological polar surface area (TPSA) is 84.0 Å². The monoisotopic (exact) mass is 591 g/mol. The molecule has 43 heavy (non-hydrogen) atoms. The number of rotatable bonds is 6. The molecule has 0 bridgehead atoms. The van der Waals surface area contributed by atoms with Crippen LogP contribution in [-0.4, -0.2) is 37.7 Å². The van der Waals surface area contributed by atoms with Crippen molar-refractivity contribution >= 4 is 40.6 Å². The number of nitro groups is 1. The highest BCUT2D eigenvalue weighted by Crippen LogP contribution is 2.41. The maximum atomic E-state index is 14.0. The third kappa shape index (κ3) is 5.56. The fourth-order valence-corrected chi connectivity index (χ4v) is 6.73. The van der Waals surface area contributed by atoms with Crippen molar-refractivity contribution in [3.63, 3.8) is 0 Å². The standard InChI is InChI=1S/C34H33N5O3S/c1-36(2)26-14-8-22(9-15-26)20-25-6-5-7-29-31(25)35-34-38(32(29)24-12-18-27(19-13-24)37(3)4)33(40)30(43-34)21-23-10-16-28(17-11-23)39(41)42/h8-21,32H,5-7H2,1-4H3. The van der Waals surface area contributed by atoms with E-state index < -0.39 is 4.92 Å². The van der Waals surface area contributed by atoms with Gasteiger partial charge in [0.05, 0.1) is 21.2 Å². The molecule has 2 aliphatic rings. The van der Waals surface area contributed by atoms with Crippen LogP contribution in [0.15, 0.2) is 99.4 Å². The molecule has 1 atom stereocenters. The third-order valence-electron chi connectivity index (χ3n) is 8.01. The van der Waals surface area contributed by atoms with Gasteiger partial charge in [0.2, 0.25) is 0 Å². The Hall–Kier alpha value is -4.76. The summed E-state index contributed by atoms with van der Waals surface area (Å²) in [6.45, 7) is 0. The molecular weight excluding hydrogens is 558 g/mol. The van der Waals surface area contributed by atoms with Gasteiger partial charge in [-0.1, -0.05) is 35.6 Å². The number of anilines is 2. The second kappa shape index (κ2) is 11.5. The fraction of sp³-hybridized carbons (Fsp3) is 0.235. The van der Waals surface area contributed by atoms with Crippen LogP contribution in [0.3, 0.4) is 0 Å². The summed E-state index contributed by atoms with van der Waals surface area (Å²) in [5, 5.41) is 11.1. The first-order chi connectivity index (χ1) is 20.7. The van der Waals surface area contributed by atoms with Gasteiger partial charge in [-0.05, 0) is 95.6 Å². The van der Waals surface area contributed by atoms with Crippen molar-refractivity contribution in [3.8, 4) is 0 Å². The molecule has 0 amide bonds. The fourth-order valence-electron chi connectivity index (χ4n) is 5.73. The van der Waals surface area contributed by atoms with Crippen molar-refractivity contribution < 1.29 is 4.92 Å². The molecule has 0 saturated carbocycles. The van der Waals surface area contributed by atoms with Crippen LogP contribution in [-0.2, 0) is 0 Å². The minimum absolute atomic E-state index is 0.0168. The molecule has 218 valence electrons. The summed E-state index contributed by atoms with van der Waals surface area (Å²) in [5.74, 6) is 0. The molecule has 0 fully saturated rings. The molecule has 1 aromatic heterocycles. The van der Waals surface area contributed by atoms with E-state index in [-0.39, 0.29) is 17.3 Å². The number of non-ortho nitro benzene ring substituents is 1. The molecule has 1 aliphatic heterocycles. The van der Waals surface area contributed by atoms with E-state index in [1.54, 1.807) is 18.2 Å². The van der Waals surface area contributed by atoms with Crippen molar-refractivity contribution in [1.82, 2.24) is 4.57 Å². The number of nitrogens with zero attached hydrogens (tertiary/aromatic N) is 5. The highest BCUT2D eigenvalue weighted by Gasteiger charge is 2.32. The van der Waals surface area contributed by atoms with Crippen molar-refractivity contribution in [3.05, 3.63) is 136 Å². The highest BCUT2D eigenvalue weighted by molar-refractivity contribution is 7.07. The second-order valence-electron chi connectivity index (χ2n) is 11.3. The van der Waals surface area contributed by atoms with E-state index in [4.69, 9.17) is 4.99 Å². The summed E-state index contributed by atoms with van der Waals surface area (Å²) in [7, 11) is 8.10. The van der Waals surface area contributed by atoms with Crippen LogP contribution in [0.2, 0.25) is 0 Å². The number of aromatic nitrogens is 1. The summed E-state index contributed by atoms with van der Waals surface area (Å²) < 4.78 is 2.38. The molecule has 0 spiro atoms. The van der Waals surface area contributed by atoms with E-state index in [0.717, 1.165) is 58.6 Å². The molecule has 8 nitrogen and oxygen atoms in total. The van der Waals surface area contributed by atoms with Gasteiger partial charge in [0, 0.05) is 51.7 Å². The van der Waals surface area contributed by atoms with E-state index in [2.05, 4.69) is 64.4 Å². The Morgan fingerprint density at radius 2 is 1.44 bits per heavy atom. The van der Waals surface area contributed by atoms with Crippen molar-refractivity contribution in [1.29, 1.82) is 0 Å². The van der Waals surface area contributed by atoms with Gasteiger partial charge in [0.25, 0.3) is 11.2 Å². The molecule has 0 radical (unpaired) electrons. The average molecular weight is 592 g/mol. The lowest BCUT2D eigenvalue weighted by Gasteiger charge is -2.31. The van der Waals surface area contributed by atoms with Gasteiger partial charge in [-0.25, -0.2) is 4.99 Å². The molecular formula is C34H33N5O3S. The lowest BCUT2D eigenvalue weighted by atomic mass is 9.83. The molecule has 9 heteroatoms. The number of hydrogen-bond donors (Lipinski definition) is 0. The molecule has 6 rings (SSSR count). The maximum Gasteiger partial charge on any atom is 0.271 e. The zero-order valence-electron chi connectivity index (χ0n) is 24.7. The minimum atomic E-state index is -0.425. The first kappa shape index (κ1) is 28.4. The molecule has 4 aromatic rings. The predicted molar refractivity (Wildman–Crippen MR) is 175 cm³/mol. The number of hydrogen-bond acceptors (Lipinski definition) is 7. The smallest absolute Gasteiger partial charge is 0.271 e. The number of nitro benzene ring substituents is 1. The van der Waals surface area contributed by atoms with Crippen molar-refractivity contribution in [2.75, 3.05) is 38.0 Å². The van der Waals surface area contributed by atoms with E-state index in [1.165, 1.54) is 29.0 Å². The summed E-state index contributed by atoms with van der Waals surface area (Å²) in [4.78, 5) is 34.6. The number of allylic oxidation sites excluding steroid dienone is 2. The van der Waals surface area contributed by atoms with Gasteiger partial charge in [0.15, 0.2) is 4.80 Å². The minimum Gasteiger partial charge on any atom is -0.378 e. The summed E-state index contributed by atoms with van der Waals surface area (Å²) >= 11 is 1.36. The number of thiazole rings is 1. The summed E-state index contributed by atoms with van der Waals surface area (Å²) in [5.41, 5.74) is 8.37. The van der Waals surface area contributed by atoms with E-state index in [0.29, 0.717) is 9.33 Å². The molecule has 3 aromatic carbocycles. The van der Waals surface area contributed by atoms with E-state index in [9.17, 15) is 14.9 Å². The van der Waals surface area contributed by atoms with Crippen LogP contribution in [0.4, 0.5) is 17.1 Å². The maximum absolute atomic E-state index is 14.0. The van der Waals surface area contributed by atoms with Gasteiger partial charge >= 0.3 is 0 Å². The number of benzene rings is 3. The van der Waals surface area contributed by atoms with Crippen LogP contribution >= 0.6 is 11.3 Å². The van der Waals surface area contributed by atoms with Crippen molar-refractivity contribution in [2.45, 2.75) is 25.3 Å². The largest absolute Gasteiger partial charge is 0.378 e. The Morgan fingerprint density at radius 1 is 0.860 bits per heavy atom. The van der Waals surface area contributed by atoms with E-state index >= 15 is 0 Å². The lowest BCUT2D eigenvalue weighted by molar-refractivity contribution is -0.384. The zero-order valence-corrected chi connectivity index (χ0v) is 25.5. The Balaban J connectivity index is 1.51. The Labute approximate surface area is 254 Å². The van der Waals surface area contributed by atoms with Crippen LogP contribution in [0.5, 0.6) is 0 Å². The average Bonchev–Trinajstić information content (AvgIpc) is 3.31. The SMILES string of the molecule is CN(C)c1ccc(C=C2CCCC3=C2N=c2sc(=Cc4ccc([N+](=O)[O-])cc4)c(=O)n2C3c2ccc(N(C)C)cc2)cc1. The number of fused-ring (bicyclic) bond motifs is 1. The Bertz CT molecular complexity index is 1930. The zero-order chi connectivity index (χ0) is 30.2. The molecule has 0 saturated heterocycles. The summed E-state index contributed by atoms with van der Waals surface area (Å²) in [6.07, 6.45) is 6.79. The third-order valence-corrected chi connectivity index (χ3v) is 8.99. The first-order valence-corrected chi connectivity index (χ1v) is 15.1. The predicted octanol–water partition coefficient (Wildman–Crippen LogP) is 5.52. The highest BCUT2D eigenvalue weighted by atomic mass is 32.1.